The lowest BCUT2D eigenvalue weighted by molar-refractivity contribution is 0.0986. The van der Waals surface area contributed by atoms with Crippen LogP contribution in [0.1, 0.15) is 30.1 Å². The number of amides is 1. The summed E-state index contributed by atoms with van der Waals surface area (Å²) in [6.45, 7) is 2.77. The highest BCUT2D eigenvalue weighted by Gasteiger charge is 2.19. The van der Waals surface area contributed by atoms with Gasteiger partial charge in [-0.25, -0.2) is 14.6 Å². The molecular formula is C16H17N5OS. The first-order valence-electron chi connectivity index (χ1n) is 7.46. The summed E-state index contributed by atoms with van der Waals surface area (Å²) in [6.07, 6.45) is 6.76. The summed E-state index contributed by atoms with van der Waals surface area (Å²) in [5, 5.41) is 6.72. The van der Waals surface area contributed by atoms with Gasteiger partial charge in [0.25, 0.3) is 5.91 Å². The lowest BCUT2D eigenvalue weighted by Gasteiger charge is -2.20. The second kappa shape index (κ2) is 7.15. The molecule has 0 unspecified atom stereocenters. The molecule has 118 valence electrons. The van der Waals surface area contributed by atoms with Crippen LogP contribution in [0.15, 0.2) is 48.5 Å². The van der Waals surface area contributed by atoms with Crippen molar-refractivity contribution in [2.75, 3.05) is 11.4 Å². The number of thiazole rings is 1. The molecule has 23 heavy (non-hydrogen) atoms. The number of hydrogen-bond acceptors (Lipinski definition) is 5. The van der Waals surface area contributed by atoms with Gasteiger partial charge in [0.1, 0.15) is 12.7 Å². The fraction of sp³-hybridized carbons (Fsp3) is 0.250. The first-order valence-corrected chi connectivity index (χ1v) is 8.34. The molecule has 1 amide bonds. The van der Waals surface area contributed by atoms with E-state index in [1.54, 1.807) is 22.1 Å². The maximum absolute atomic E-state index is 12.9. The van der Waals surface area contributed by atoms with Crippen LogP contribution in [0.2, 0.25) is 0 Å². The van der Waals surface area contributed by atoms with Gasteiger partial charge in [-0.05, 0) is 24.6 Å². The van der Waals surface area contributed by atoms with Gasteiger partial charge >= 0.3 is 0 Å². The lowest BCUT2D eigenvalue weighted by Crippen LogP contribution is -2.31. The van der Waals surface area contributed by atoms with E-state index in [-0.39, 0.29) is 5.91 Å². The minimum absolute atomic E-state index is 0.0460. The van der Waals surface area contributed by atoms with E-state index in [9.17, 15) is 4.79 Å². The van der Waals surface area contributed by atoms with Crippen LogP contribution >= 0.6 is 11.3 Å². The number of unbranched alkanes of at least 4 members (excludes halogenated alkanes) is 1. The number of nitrogens with zero attached hydrogens (tertiary/aromatic N) is 5. The van der Waals surface area contributed by atoms with Crippen LogP contribution in [0.3, 0.4) is 0 Å². The molecule has 3 aromatic rings. The van der Waals surface area contributed by atoms with E-state index in [0.29, 0.717) is 12.1 Å². The molecule has 0 saturated carbocycles. The Bertz CT molecular complexity index is 755. The van der Waals surface area contributed by atoms with E-state index < -0.39 is 0 Å². The van der Waals surface area contributed by atoms with Gasteiger partial charge < -0.3 is 0 Å². The van der Waals surface area contributed by atoms with Gasteiger partial charge in [0.05, 0.1) is 5.69 Å². The third-order valence-corrected chi connectivity index (χ3v) is 4.20. The molecule has 0 atom stereocenters. The second-order valence-electron chi connectivity index (χ2n) is 5.02. The summed E-state index contributed by atoms with van der Waals surface area (Å²) in [6, 6.07) is 7.38. The number of rotatable bonds is 6. The molecule has 0 aliphatic rings. The van der Waals surface area contributed by atoms with Crippen molar-refractivity contribution < 1.29 is 4.79 Å². The summed E-state index contributed by atoms with van der Waals surface area (Å²) in [7, 11) is 0. The normalized spacial score (nSPS) is 10.7. The van der Waals surface area contributed by atoms with Crippen molar-refractivity contribution in [2.45, 2.75) is 19.8 Å². The van der Waals surface area contributed by atoms with E-state index in [2.05, 4.69) is 22.0 Å². The Labute approximate surface area is 138 Å². The Hall–Kier alpha value is -2.54. The minimum Gasteiger partial charge on any atom is -0.284 e. The molecule has 3 rings (SSSR count). The fourth-order valence-electron chi connectivity index (χ4n) is 2.23. The molecule has 1 aromatic carbocycles. The highest BCUT2D eigenvalue weighted by molar-refractivity contribution is 7.13. The number of hydrogen-bond donors (Lipinski definition) is 0. The SMILES string of the molecule is CCCCN(C(=O)c1cccc(-n2cncn2)c1)c1nccs1. The van der Waals surface area contributed by atoms with Crippen molar-refractivity contribution in [2.24, 2.45) is 0 Å². The predicted octanol–water partition coefficient (Wildman–Crippen LogP) is 3.17. The summed E-state index contributed by atoms with van der Waals surface area (Å²) >= 11 is 1.47. The number of carbonyl (C=O) groups excluding carboxylic acids is 1. The zero-order valence-electron chi connectivity index (χ0n) is 12.8. The molecule has 0 N–H and O–H groups in total. The van der Waals surface area contributed by atoms with Crippen molar-refractivity contribution in [3.05, 3.63) is 54.1 Å². The van der Waals surface area contributed by atoms with Crippen molar-refractivity contribution in [1.29, 1.82) is 0 Å². The van der Waals surface area contributed by atoms with E-state index in [1.807, 2.05) is 29.6 Å². The molecule has 0 fully saturated rings. The second-order valence-corrected chi connectivity index (χ2v) is 5.89. The zero-order chi connectivity index (χ0) is 16.1. The van der Waals surface area contributed by atoms with Crippen molar-refractivity contribution in [3.63, 3.8) is 0 Å². The smallest absolute Gasteiger partial charge is 0.260 e. The summed E-state index contributed by atoms with van der Waals surface area (Å²) in [5.74, 6) is -0.0460. The first kappa shape index (κ1) is 15.4. The van der Waals surface area contributed by atoms with Gasteiger partial charge in [-0.15, -0.1) is 11.3 Å². The Morgan fingerprint density at radius 3 is 3.00 bits per heavy atom. The molecule has 0 spiro atoms. The molecule has 0 radical (unpaired) electrons. The summed E-state index contributed by atoms with van der Waals surface area (Å²) in [4.78, 5) is 22.9. The molecule has 6 nitrogen and oxygen atoms in total. The van der Waals surface area contributed by atoms with Crippen LogP contribution in [0.4, 0.5) is 5.13 Å². The molecule has 2 aromatic heterocycles. The molecule has 0 aliphatic carbocycles. The Kier molecular flexibility index (Phi) is 4.77. The largest absolute Gasteiger partial charge is 0.284 e. The molecule has 0 aliphatic heterocycles. The Morgan fingerprint density at radius 1 is 1.39 bits per heavy atom. The van der Waals surface area contributed by atoms with Crippen LogP contribution in [0.25, 0.3) is 5.69 Å². The van der Waals surface area contributed by atoms with Crippen molar-refractivity contribution in [1.82, 2.24) is 19.7 Å². The fourth-order valence-corrected chi connectivity index (χ4v) is 2.89. The van der Waals surface area contributed by atoms with Gasteiger partial charge in [0.2, 0.25) is 0 Å². The molecule has 0 bridgehead atoms. The highest BCUT2D eigenvalue weighted by Crippen LogP contribution is 2.21. The van der Waals surface area contributed by atoms with Gasteiger partial charge in [-0.1, -0.05) is 19.4 Å². The molecule has 2 heterocycles. The summed E-state index contributed by atoms with van der Waals surface area (Å²) in [5.41, 5.74) is 1.42. The number of aromatic nitrogens is 4. The van der Waals surface area contributed by atoms with Gasteiger partial charge in [-0.2, -0.15) is 5.10 Å². The van der Waals surface area contributed by atoms with Gasteiger partial charge in [0, 0.05) is 23.7 Å². The van der Waals surface area contributed by atoms with Crippen LogP contribution in [-0.2, 0) is 0 Å². The van der Waals surface area contributed by atoms with E-state index >= 15 is 0 Å². The lowest BCUT2D eigenvalue weighted by atomic mass is 10.1. The molecule has 0 saturated heterocycles. The first-order chi connectivity index (χ1) is 11.3. The third-order valence-electron chi connectivity index (χ3n) is 3.41. The van der Waals surface area contributed by atoms with Gasteiger partial charge in [-0.3, -0.25) is 9.69 Å². The van der Waals surface area contributed by atoms with Crippen molar-refractivity contribution >= 4 is 22.4 Å². The summed E-state index contributed by atoms with van der Waals surface area (Å²) < 4.78 is 1.64. The topological polar surface area (TPSA) is 63.9 Å². The maximum Gasteiger partial charge on any atom is 0.260 e. The standard InChI is InChI=1S/C16H17N5OS/c1-2-3-8-20(16-18-7-9-23-16)15(22)13-5-4-6-14(10-13)21-12-17-11-19-21/h4-7,9-12H,2-3,8H2,1H3. The van der Waals surface area contributed by atoms with E-state index in [1.165, 1.54) is 17.7 Å². The van der Waals surface area contributed by atoms with Crippen molar-refractivity contribution in [3.8, 4) is 5.69 Å². The molecular weight excluding hydrogens is 310 g/mol. The third kappa shape index (κ3) is 3.45. The number of benzene rings is 1. The van der Waals surface area contributed by atoms with Crippen LogP contribution in [-0.4, -0.2) is 32.2 Å². The van der Waals surface area contributed by atoms with E-state index in [4.69, 9.17) is 0 Å². The Balaban J connectivity index is 1.89. The average Bonchev–Trinajstić information content (AvgIpc) is 3.29. The number of anilines is 1. The van der Waals surface area contributed by atoms with Crippen LogP contribution in [0, 0.1) is 0 Å². The van der Waals surface area contributed by atoms with Crippen LogP contribution < -0.4 is 4.90 Å². The minimum atomic E-state index is -0.0460. The van der Waals surface area contributed by atoms with Gasteiger partial charge in [0.15, 0.2) is 5.13 Å². The highest BCUT2D eigenvalue weighted by atomic mass is 32.1. The molecule has 7 heteroatoms. The zero-order valence-corrected chi connectivity index (χ0v) is 13.6. The maximum atomic E-state index is 12.9. The van der Waals surface area contributed by atoms with Crippen LogP contribution in [0.5, 0.6) is 0 Å². The van der Waals surface area contributed by atoms with E-state index in [0.717, 1.165) is 23.7 Å². The quantitative estimate of drug-likeness (QED) is 0.697. The monoisotopic (exact) mass is 327 g/mol. The average molecular weight is 327 g/mol. The Morgan fingerprint density at radius 2 is 2.30 bits per heavy atom. The number of carbonyl (C=O) groups is 1. The predicted molar refractivity (Wildman–Crippen MR) is 90.1 cm³/mol.